The first kappa shape index (κ1) is 19.6. The van der Waals surface area contributed by atoms with Crippen LogP contribution in [0.3, 0.4) is 0 Å². The Bertz CT molecular complexity index is 1180. The number of methoxy groups -OCH3 is 1. The lowest BCUT2D eigenvalue weighted by molar-refractivity contribution is -0.147. The lowest BCUT2D eigenvalue weighted by atomic mass is 9.92. The second kappa shape index (κ2) is 7.94. The second-order valence-electron chi connectivity index (χ2n) is 7.31. The number of carbonyl (C=O) groups is 2. The highest BCUT2D eigenvalue weighted by atomic mass is 16.6. The highest BCUT2D eigenvalue weighted by Crippen LogP contribution is 2.24. The number of fused-ring (bicyclic) bond motifs is 2. The summed E-state index contributed by atoms with van der Waals surface area (Å²) in [5.74, 6) is -0.0452. The molecule has 7 heteroatoms. The molecule has 1 amide bonds. The third-order valence-corrected chi connectivity index (χ3v) is 5.05. The van der Waals surface area contributed by atoms with Crippen LogP contribution in [0, 0.1) is 0 Å². The van der Waals surface area contributed by atoms with Gasteiger partial charge in [0.1, 0.15) is 16.9 Å². The number of hydrogen-bond donors (Lipinski definition) is 2. The maximum Gasteiger partial charge on any atom is 0.408 e. The molecule has 4 rings (SSSR count). The SMILES string of the molecule is COC(=O)[C@](C)(Cc1c[nH]c2ccccc12)NC(=O)OCc1cc2ccccc2o1. The van der Waals surface area contributed by atoms with E-state index in [-0.39, 0.29) is 13.0 Å². The van der Waals surface area contributed by atoms with E-state index in [0.29, 0.717) is 5.76 Å². The standard InChI is InChI=1S/C23H22N2O5/c1-23(21(26)28-2,12-16-13-24-19-9-5-4-8-18(16)19)25-22(27)29-14-17-11-15-7-3-6-10-20(15)30-17/h3-11,13,24H,12,14H2,1-2H3,(H,25,27)/t23-/m0/s1. The van der Waals surface area contributed by atoms with Gasteiger partial charge >= 0.3 is 12.1 Å². The Hall–Kier alpha value is -3.74. The number of para-hydroxylation sites is 2. The maximum atomic E-state index is 12.5. The van der Waals surface area contributed by atoms with Crippen molar-refractivity contribution in [3.05, 3.63) is 72.1 Å². The first-order valence-electron chi connectivity index (χ1n) is 9.54. The van der Waals surface area contributed by atoms with Gasteiger partial charge in [-0.05, 0) is 30.7 Å². The fraction of sp³-hybridized carbons (Fsp3) is 0.217. The van der Waals surface area contributed by atoms with Gasteiger partial charge < -0.3 is 24.2 Å². The van der Waals surface area contributed by atoms with Crippen LogP contribution >= 0.6 is 0 Å². The Balaban J connectivity index is 1.47. The van der Waals surface area contributed by atoms with Crippen LogP contribution in [0.15, 0.2) is 65.2 Å². The van der Waals surface area contributed by atoms with E-state index in [1.807, 2.05) is 60.8 Å². The van der Waals surface area contributed by atoms with E-state index in [9.17, 15) is 9.59 Å². The Kier molecular flexibility index (Phi) is 5.18. The van der Waals surface area contributed by atoms with Gasteiger partial charge in [-0.15, -0.1) is 0 Å². The number of hydrogen-bond acceptors (Lipinski definition) is 5. The van der Waals surface area contributed by atoms with Crippen molar-refractivity contribution in [2.24, 2.45) is 0 Å². The van der Waals surface area contributed by atoms with Crippen molar-refractivity contribution in [1.82, 2.24) is 10.3 Å². The predicted molar refractivity (Wildman–Crippen MR) is 112 cm³/mol. The minimum atomic E-state index is -1.30. The van der Waals surface area contributed by atoms with Gasteiger partial charge in [0, 0.05) is 28.9 Å². The fourth-order valence-corrected chi connectivity index (χ4v) is 3.56. The molecule has 2 heterocycles. The minimum Gasteiger partial charge on any atom is -0.467 e. The lowest BCUT2D eigenvalue weighted by Crippen LogP contribution is -2.54. The fourth-order valence-electron chi connectivity index (χ4n) is 3.56. The molecule has 4 aromatic rings. The molecule has 154 valence electrons. The summed E-state index contributed by atoms with van der Waals surface area (Å²) < 4.78 is 15.9. The van der Waals surface area contributed by atoms with Gasteiger partial charge in [-0.2, -0.15) is 0 Å². The van der Waals surface area contributed by atoms with Gasteiger partial charge in [0.15, 0.2) is 6.61 Å². The largest absolute Gasteiger partial charge is 0.467 e. The molecule has 0 aliphatic carbocycles. The molecule has 0 aliphatic rings. The molecule has 2 aromatic carbocycles. The van der Waals surface area contributed by atoms with Crippen molar-refractivity contribution in [2.45, 2.75) is 25.5 Å². The molecule has 0 spiro atoms. The third kappa shape index (κ3) is 3.87. The number of benzene rings is 2. The number of aromatic amines is 1. The zero-order chi connectivity index (χ0) is 21.1. The molecule has 0 saturated heterocycles. The number of furan rings is 1. The molecule has 0 fully saturated rings. The minimum absolute atomic E-state index is 0.0507. The van der Waals surface area contributed by atoms with Crippen LogP contribution in [0.5, 0.6) is 0 Å². The molecule has 2 N–H and O–H groups in total. The topological polar surface area (TPSA) is 93.6 Å². The Labute approximate surface area is 173 Å². The van der Waals surface area contributed by atoms with Gasteiger partial charge in [-0.3, -0.25) is 0 Å². The number of rotatable bonds is 6. The van der Waals surface area contributed by atoms with E-state index >= 15 is 0 Å². The monoisotopic (exact) mass is 406 g/mol. The smallest absolute Gasteiger partial charge is 0.408 e. The Morgan fingerprint density at radius 3 is 2.70 bits per heavy atom. The highest BCUT2D eigenvalue weighted by molar-refractivity contribution is 5.88. The van der Waals surface area contributed by atoms with Crippen LogP contribution in [0.25, 0.3) is 21.9 Å². The van der Waals surface area contributed by atoms with E-state index in [1.54, 1.807) is 6.92 Å². The number of alkyl carbamates (subject to hydrolysis) is 1. The third-order valence-electron chi connectivity index (χ3n) is 5.05. The number of carbonyl (C=O) groups excluding carboxylic acids is 2. The summed E-state index contributed by atoms with van der Waals surface area (Å²) in [6.07, 6.45) is 1.33. The first-order chi connectivity index (χ1) is 14.5. The number of amides is 1. The average molecular weight is 406 g/mol. The molecule has 0 aliphatic heterocycles. The first-order valence-corrected chi connectivity index (χ1v) is 9.54. The average Bonchev–Trinajstić information content (AvgIpc) is 3.35. The van der Waals surface area contributed by atoms with Gasteiger partial charge in [-0.1, -0.05) is 36.4 Å². The summed E-state index contributed by atoms with van der Waals surface area (Å²) in [5.41, 5.74) is 1.25. The van der Waals surface area contributed by atoms with Crippen LogP contribution in [0.1, 0.15) is 18.2 Å². The zero-order valence-corrected chi connectivity index (χ0v) is 16.7. The summed E-state index contributed by atoms with van der Waals surface area (Å²) >= 11 is 0. The van der Waals surface area contributed by atoms with E-state index < -0.39 is 17.6 Å². The van der Waals surface area contributed by atoms with Crippen molar-refractivity contribution in [1.29, 1.82) is 0 Å². The van der Waals surface area contributed by atoms with Gasteiger partial charge in [0.25, 0.3) is 0 Å². The Morgan fingerprint density at radius 1 is 1.13 bits per heavy atom. The van der Waals surface area contributed by atoms with Crippen LogP contribution in [-0.2, 0) is 27.3 Å². The summed E-state index contributed by atoms with van der Waals surface area (Å²) in [6, 6.07) is 17.1. The van der Waals surface area contributed by atoms with Crippen LogP contribution in [0.4, 0.5) is 4.79 Å². The summed E-state index contributed by atoms with van der Waals surface area (Å²) in [6.45, 7) is 1.56. The normalized spacial score (nSPS) is 13.1. The van der Waals surface area contributed by atoms with Crippen LogP contribution in [-0.4, -0.2) is 29.7 Å². The Morgan fingerprint density at radius 2 is 1.90 bits per heavy atom. The number of aromatic nitrogens is 1. The van der Waals surface area contributed by atoms with Gasteiger partial charge in [0.2, 0.25) is 0 Å². The zero-order valence-electron chi connectivity index (χ0n) is 16.7. The van der Waals surface area contributed by atoms with Crippen molar-refractivity contribution >= 4 is 33.9 Å². The lowest BCUT2D eigenvalue weighted by Gasteiger charge is -2.27. The molecule has 0 unspecified atom stereocenters. The van der Waals surface area contributed by atoms with E-state index in [0.717, 1.165) is 27.4 Å². The summed E-state index contributed by atoms with van der Waals surface area (Å²) in [5, 5.41) is 4.56. The molecule has 30 heavy (non-hydrogen) atoms. The molecular formula is C23H22N2O5. The van der Waals surface area contributed by atoms with Gasteiger partial charge in [-0.25, -0.2) is 9.59 Å². The highest BCUT2D eigenvalue weighted by Gasteiger charge is 2.37. The maximum absolute atomic E-state index is 12.5. The van der Waals surface area contributed by atoms with Crippen LogP contribution in [0.2, 0.25) is 0 Å². The molecule has 1 atom stereocenters. The molecule has 0 radical (unpaired) electrons. The van der Waals surface area contributed by atoms with E-state index in [1.165, 1.54) is 7.11 Å². The number of H-pyrrole nitrogens is 1. The second-order valence-corrected chi connectivity index (χ2v) is 7.31. The molecule has 7 nitrogen and oxygen atoms in total. The quantitative estimate of drug-likeness (QED) is 0.465. The van der Waals surface area contributed by atoms with Crippen molar-refractivity contribution < 1.29 is 23.5 Å². The van der Waals surface area contributed by atoms with Crippen LogP contribution < -0.4 is 5.32 Å². The molecule has 0 bridgehead atoms. The van der Waals surface area contributed by atoms with E-state index in [2.05, 4.69) is 10.3 Å². The number of nitrogens with one attached hydrogen (secondary N) is 2. The summed E-state index contributed by atoms with van der Waals surface area (Å²) in [4.78, 5) is 28.1. The molecular weight excluding hydrogens is 384 g/mol. The molecule has 2 aromatic heterocycles. The summed E-state index contributed by atoms with van der Waals surface area (Å²) in [7, 11) is 1.29. The van der Waals surface area contributed by atoms with E-state index in [4.69, 9.17) is 13.9 Å². The molecule has 0 saturated carbocycles. The van der Waals surface area contributed by atoms with Gasteiger partial charge in [0.05, 0.1) is 7.11 Å². The number of ether oxygens (including phenoxy) is 2. The van der Waals surface area contributed by atoms with Crippen molar-refractivity contribution in [3.8, 4) is 0 Å². The predicted octanol–water partition coefficient (Wildman–Crippen LogP) is 4.31. The van der Waals surface area contributed by atoms with Crippen molar-refractivity contribution in [3.63, 3.8) is 0 Å². The van der Waals surface area contributed by atoms with Crippen molar-refractivity contribution in [2.75, 3.05) is 7.11 Å². The number of esters is 1.